The lowest BCUT2D eigenvalue weighted by atomic mass is 10.3. The molecule has 0 saturated heterocycles. The van der Waals surface area contributed by atoms with Crippen LogP contribution in [0.3, 0.4) is 0 Å². The molecule has 0 amide bonds. The van der Waals surface area contributed by atoms with Crippen LogP contribution in [0.25, 0.3) is 5.69 Å². The molecule has 2 heterocycles. The minimum Gasteiger partial charge on any atom is -0.404 e. The highest BCUT2D eigenvalue weighted by atomic mass is 35.5. The van der Waals surface area contributed by atoms with Gasteiger partial charge in [-0.15, -0.1) is 25.6 Å². The lowest BCUT2D eigenvalue weighted by Gasteiger charge is -2.11. The van der Waals surface area contributed by atoms with Crippen LogP contribution in [0.15, 0.2) is 43.1 Å². The molecular weight excluding hydrogens is 380 g/mol. The van der Waals surface area contributed by atoms with Gasteiger partial charge in [-0.25, -0.2) is 9.97 Å². The second kappa shape index (κ2) is 7.37. The van der Waals surface area contributed by atoms with Gasteiger partial charge < -0.3 is 13.9 Å². The van der Waals surface area contributed by atoms with Crippen molar-refractivity contribution in [3.8, 4) is 11.4 Å². The number of alkyl halides is 3. The molecule has 1 aromatic carbocycles. The van der Waals surface area contributed by atoms with E-state index in [1.54, 1.807) is 23.3 Å². The van der Waals surface area contributed by atoms with E-state index in [1.165, 1.54) is 18.2 Å². The number of halogens is 5. The number of nitrogens with zero attached hydrogens (tertiary/aromatic N) is 4. The van der Waals surface area contributed by atoms with E-state index in [-0.39, 0.29) is 17.4 Å². The van der Waals surface area contributed by atoms with E-state index in [4.69, 9.17) is 11.6 Å². The van der Waals surface area contributed by atoms with E-state index in [1.807, 2.05) is 17.7 Å². The third-order valence-electron chi connectivity index (χ3n) is 3.33. The molecule has 134 valence electrons. The lowest BCUT2D eigenvalue weighted by Crippen LogP contribution is -2.17. The average Bonchev–Trinajstić information content (AvgIpc) is 3.10. The Balaban J connectivity index is 0.00000225. The molecule has 0 N–H and O–H groups in total. The van der Waals surface area contributed by atoms with Gasteiger partial charge in [0.15, 0.2) is 0 Å². The SMILES string of the molecule is Cc1nccn1Cc1cn(-c2ccc(OC(F)(F)F)c(Cl)c2)cn1.Cl. The Kier molecular flexibility index (Phi) is 5.64. The molecule has 0 spiro atoms. The summed E-state index contributed by atoms with van der Waals surface area (Å²) in [7, 11) is 0. The first kappa shape index (κ1) is 19.1. The first-order valence-electron chi connectivity index (χ1n) is 6.88. The van der Waals surface area contributed by atoms with Crippen molar-refractivity contribution in [1.29, 1.82) is 0 Å². The Morgan fingerprint density at radius 1 is 1.24 bits per heavy atom. The van der Waals surface area contributed by atoms with E-state index in [2.05, 4.69) is 14.7 Å². The van der Waals surface area contributed by atoms with Crippen molar-refractivity contribution in [2.45, 2.75) is 19.8 Å². The molecule has 0 aliphatic rings. The molecule has 3 rings (SSSR count). The van der Waals surface area contributed by atoms with E-state index in [0.717, 1.165) is 11.5 Å². The van der Waals surface area contributed by atoms with E-state index >= 15 is 0 Å². The average molecular weight is 393 g/mol. The van der Waals surface area contributed by atoms with Gasteiger partial charge in [0.1, 0.15) is 11.6 Å². The van der Waals surface area contributed by atoms with Crippen molar-refractivity contribution in [1.82, 2.24) is 19.1 Å². The van der Waals surface area contributed by atoms with E-state index in [9.17, 15) is 13.2 Å². The van der Waals surface area contributed by atoms with Gasteiger partial charge in [-0.3, -0.25) is 0 Å². The third kappa shape index (κ3) is 4.67. The first-order valence-corrected chi connectivity index (χ1v) is 7.26. The number of hydrogen-bond acceptors (Lipinski definition) is 3. The third-order valence-corrected chi connectivity index (χ3v) is 3.63. The van der Waals surface area contributed by atoms with Crippen LogP contribution in [0, 0.1) is 6.92 Å². The van der Waals surface area contributed by atoms with Crippen molar-refractivity contribution in [3.05, 3.63) is 59.7 Å². The molecule has 0 aliphatic carbocycles. The van der Waals surface area contributed by atoms with Gasteiger partial charge >= 0.3 is 6.36 Å². The smallest absolute Gasteiger partial charge is 0.404 e. The Morgan fingerprint density at radius 3 is 2.60 bits per heavy atom. The summed E-state index contributed by atoms with van der Waals surface area (Å²) < 4.78 is 44.2. The van der Waals surface area contributed by atoms with Crippen molar-refractivity contribution in [2.75, 3.05) is 0 Å². The van der Waals surface area contributed by atoms with Crippen LogP contribution in [0.4, 0.5) is 13.2 Å². The summed E-state index contributed by atoms with van der Waals surface area (Å²) in [6.07, 6.45) is 2.10. The number of imidazole rings is 2. The molecule has 0 saturated carbocycles. The standard InChI is InChI=1S/C15H12ClF3N4O.ClH/c1-10-20-4-5-22(10)7-11-8-23(9-21-11)12-2-3-14(13(16)6-12)24-15(17,18)19;/h2-6,8-9H,7H2,1H3;1H. The summed E-state index contributed by atoms with van der Waals surface area (Å²) in [4.78, 5) is 8.41. The number of ether oxygens (including phenoxy) is 1. The second-order valence-electron chi connectivity index (χ2n) is 5.04. The van der Waals surface area contributed by atoms with E-state index in [0.29, 0.717) is 12.2 Å². The zero-order valence-electron chi connectivity index (χ0n) is 12.9. The second-order valence-corrected chi connectivity index (χ2v) is 5.44. The summed E-state index contributed by atoms with van der Waals surface area (Å²) in [5.74, 6) is 0.420. The largest absolute Gasteiger partial charge is 0.573 e. The monoisotopic (exact) mass is 392 g/mol. The van der Waals surface area contributed by atoms with Gasteiger partial charge in [0.2, 0.25) is 0 Å². The normalized spacial score (nSPS) is 11.2. The first-order chi connectivity index (χ1) is 11.3. The predicted octanol–water partition coefficient (Wildman–Crippen LogP) is 4.40. The number of aryl methyl sites for hydroxylation is 1. The maximum atomic E-state index is 12.3. The molecule has 10 heteroatoms. The predicted molar refractivity (Wildman–Crippen MR) is 88.6 cm³/mol. The van der Waals surface area contributed by atoms with Gasteiger partial charge in [0.25, 0.3) is 0 Å². The Morgan fingerprint density at radius 2 is 2.00 bits per heavy atom. The molecule has 25 heavy (non-hydrogen) atoms. The highest BCUT2D eigenvalue weighted by molar-refractivity contribution is 6.32. The van der Waals surface area contributed by atoms with Gasteiger partial charge in [0.05, 0.1) is 23.6 Å². The highest BCUT2D eigenvalue weighted by Crippen LogP contribution is 2.31. The van der Waals surface area contributed by atoms with E-state index < -0.39 is 12.1 Å². The highest BCUT2D eigenvalue weighted by Gasteiger charge is 2.32. The van der Waals surface area contributed by atoms with Crippen LogP contribution >= 0.6 is 24.0 Å². The summed E-state index contributed by atoms with van der Waals surface area (Å²) in [6.45, 7) is 2.43. The fourth-order valence-electron chi connectivity index (χ4n) is 2.19. The summed E-state index contributed by atoms with van der Waals surface area (Å²) in [5.41, 5.74) is 1.36. The van der Waals surface area contributed by atoms with Crippen molar-refractivity contribution in [3.63, 3.8) is 0 Å². The van der Waals surface area contributed by atoms with Crippen LogP contribution in [-0.2, 0) is 6.54 Å². The van der Waals surface area contributed by atoms with Gasteiger partial charge in [0, 0.05) is 24.3 Å². The fourth-order valence-corrected chi connectivity index (χ4v) is 2.40. The molecule has 3 aromatic rings. The molecule has 2 aromatic heterocycles. The maximum Gasteiger partial charge on any atom is 0.573 e. The van der Waals surface area contributed by atoms with Gasteiger partial charge in [-0.2, -0.15) is 0 Å². The minimum absolute atomic E-state index is 0. The minimum atomic E-state index is -4.78. The number of aromatic nitrogens is 4. The number of benzene rings is 1. The summed E-state index contributed by atoms with van der Waals surface area (Å²) >= 11 is 5.86. The topological polar surface area (TPSA) is 44.9 Å². The molecule has 0 radical (unpaired) electrons. The summed E-state index contributed by atoms with van der Waals surface area (Å²) in [5, 5.41) is -0.134. The molecule has 5 nitrogen and oxygen atoms in total. The fraction of sp³-hybridized carbons (Fsp3) is 0.200. The molecule has 0 fully saturated rings. The van der Waals surface area contributed by atoms with Crippen molar-refractivity contribution >= 4 is 24.0 Å². The maximum absolute atomic E-state index is 12.3. The molecule has 0 bridgehead atoms. The Hall–Kier alpha value is -2.19. The van der Waals surface area contributed by atoms with Gasteiger partial charge in [-0.1, -0.05) is 11.6 Å². The molecular formula is C15H13Cl2F3N4O. The Bertz CT molecular complexity index is 861. The van der Waals surface area contributed by atoms with Crippen LogP contribution in [-0.4, -0.2) is 25.5 Å². The van der Waals surface area contributed by atoms with Crippen LogP contribution < -0.4 is 4.74 Å². The Labute approximate surface area is 152 Å². The quantitative estimate of drug-likeness (QED) is 0.660. The molecule has 0 unspecified atom stereocenters. The van der Waals surface area contributed by atoms with Crippen LogP contribution in [0.1, 0.15) is 11.5 Å². The van der Waals surface area contributed by atoms with Crippen LogP contribution in [0.5, 0.6) is 5.75 Å². The molecule has 0 aliphatic heterocycles. The zero-order chi connectivity index (χ0) is 17.3. The summed E-state index contributed by atoms with van der Waals surface area (Å²) in [6, 6.07) is 4.03. The van der Waals surface area contributed by atoms with Crippen LogP contribution in [0.2, 0.25) is 5.02 Å². The lowest BCUT2D eigenvalue weighted by molar-refractivity contribution is -0.274. The van der Waals surface area contributed by atoms with Crippen molar-refractivity contribution < 1.29 is 17.9 Å². The zero-order valence-corrected chi connectivity index (χ0v) is 14.4. The van der Waals surface area contributed by atoms with Crippen molar-refractivity contribution in [2.24, 2.45) is 0 Å². The van der Waals surface area contributed by atoms with Gasteiger partial charge in [-0.05, 0) is 25.1 Å². The number of rotatable bonds is 4. The molecule has 0 atom stereocenters. The number of hydrogen-bond donors (Lipinski definition) is 0.